The van der Waals surface area contributed by atoms with Crippen LogP contribution in [0.1, 0.15) is 16.7 Å². The van der Waals surface area contributed by atoms with Crippen LogP contribution in [0.3, 0.4) is 0 Å². The normalized spacial score (nSPS) is 10.5. The van der Waals surface area contributed by atoms with Crippen molar-refractivity contribution in [2.24, 2.45) is 0 Å². The second-order valence-electron chi connectivity index (χ2n) is 5.22. The Morgan fingerprint density at radius 1 is 1.05 bits per heavy atom. The topological polar surface area (TPSA) is 41.1 Å². The van der Waals surface area contributed by atoms with Gasteiger partial charge in [0.05, 0.1) is 6.54 Å². The molecule has 1 amide bonds. The molecule has 0 aliphatic heterocycles. The van der Waals surface area contributed by atoms with Crippen LogP contribution in [-0.2, 0) is 17.8 Å². The quantitative estimate of drug-likeness (QED) is 0.772. The van der Waals surface area contributed by atoms with E-state index in [-0.39, 0.29) is 18.3 Å². The van der Waals surface area contributed by atoms with Gasteiger partial charge in [0.15, 0.2) is 0 Å². The van der Waals surface area contributed by atoms with Crippen molar-refractivity contribution in [3.63, 3.8) is 0 Å². The highest BCUT2D eigenvalue weighted by Gasteiger charge is 2.03. The summed E-state index contributed by atoms with van der Waals surface area (Å²) in [4.78, 5) is 11.8. The van der Waals surface area contributed by atoms with E-state index in [9.17, 15) is 9.18 Å². The average Bonchev–Trinajstić information content (AvgIpc) is 2.52. The minimum Gasteiger partial charge on any atom is -0.351 e. The van der Waals surface area contributed by atoms with Gasteiger partial charge in [-0.25, -0.2) is 4.39 Å². The molecule has 3 nitrogen and oxygen atoms in total. The number of hydrogen-bond donors (Lipinski definition) is 2. The first-order valence-electron chi connectivity index (χ1n) is 7.42. The molecule has 2 N–H and O–H groups in total. The second kappa shape index (κ2) is 8.29. The number of amides is 1. The van der Waals surface area contributed by atoms with Gasteiger partial charge in [-0.15, -0.1) is 0 Å². The number of carbonyl (C=O) groups excluding carboxylic acids is 1. The van der Waals surface area contributed by atoms with Crippen LogP contribution in [0.25, 0.3) is 0 Å². The van der Waals surface area contributed by atoms with Crippen LogP contribution >= 0.6 is 0 Å². The third-order valence-electron chi connectivity index (χ3n) is 3.55. The molecule has 0 aliphatic rings. The van der Waals surface area contributed by atoms with Crippen molar-refractivity contribution in [2.45, 2.75) is 19.9 Å². The zero-order valence-corrected chi connectivity index (χ0v) is 12.7. The maximum atomic E-state index is 13.4. The number of benzene rings is 2. The zero-order chi connectivity index (χ0) is 15.8. The summed E-state index contributed by atoms with van der Waals surface area (Å²) in [6.45, 7) is 3.35. The fraction of sp³-hybridized carbons (Fsp3) is 0.278. The van der Waals surface area contributed by atoms with E-state index in [1.807, 2.05) is 37.3 Å². The Morgan fingerprint density at radius 2 is 1.73 bits per heavy atom. The van der Waals surface area contributed by atoms with Gasteiger partial charge < -0.3 is 10.6 Å². The predicted octanol–water partition coefficient (Wildman–Crippen LogP) is 2.58. The van der Waals surface area contributed by atoms with Gasteiger partial charge >= 0.3 is 0 Å². The molecule has 0 fully saturated rings. The molecule has 2 aromatic rings. The molecule has 22 heavy (non-hydrogen) atoms. The molecule has 116 valence electrons. The van der Waals surface area contributed by atoms with Gasteiger partial charge in [0.2, 0.25) is 5.91 Å². The van der Waals surface area contributed by atoms with Crippen molar-refractivity contribution in [2.75, 3.05) is 13.1 Å². The van der Waals surface area contributed by atoms with Gasteiger partial charge in [-0.1, -0.05) is 42.5 Å². The SMILES string of the molecule is Cc1ccccc1CNC(=O)CNCCc1ccccc1F. The van der Waals surface area contributed by atoms with Crippen molar-refractivity contribution in [1.82, 2.24) is 10.6 Å². The van der Waals surface area contributed by atoms with Crippen molar-refractivity contribution in [3.8, 4) is 0 Å². The van der Waals surface area contributed by atoms with Crippen molar-refractivity contribution < 1.29 is 9.18 Å². The van der Waals surface area contributed by atoms with Crippen LogP contribution in [0.15, 0.2) is 48.5 Å². The number of carbonyl (C=O) groups is 1. The predicted molar refractivity (Wildman–Crippen MR) is 86.0 cm³/mol. The Morgan fingerprint density at radius 3 is 2.45 bits per heavy atom. The monoisotopic (exact) mass is 300 g/mol. The van der Waals surface area contributed by atoms with Crippen molar-refractivity contribution >= 4 is 5.91 Å². The molecule has 0 spiro atoms. The Labute approximate surface area is 130 Å². The van der Waals surface area contributed by atoms with Crippen molar-refractivity contribution in [3.05, 3.63) is 71.0 Å². The number of hydrogen-bond acceptors (Lipinski definition) is 2. The van der Waals surface area contributed by atoms with E-state index < -0.39 is 0 Å². The second-order valence-corrected chi connectivity index (χ2v) is 5.22. The van der Waals surface area contributed by atoms with Gasteiger partial charge in [0, 0.05) is 6.54 Å². The van der Waals surface area contributed by atoms with E-state index in [0.717, 1.165) is 11.1 Å². The standard InChI is InChI=1S/C18H21FN2O/c1-14-6-2-3-8-16(14)12-21-18(22)13-20-11-10-15-7-4-5-9-17(15)19/h2-9,20H,10-13H2,1H3,(H,21,22). The van der Waals surface area contributed by atoms with Crippen LogP contribution in [0.4, 0.5) is 4.39 Å². The number of nitrogens with one attached hydrogen (secondary N) is 2. The van der Waals surface area contributed by atoms with E-state index in [4.69, 9.17) is 0 Å². The number of aryl methyl sites for hydroxylation is 1. The van der Waals surface area contributed by atoms with Crippen LogP contribution < -0.4 is 10.6 Å². The molecule has 0 saturated carbocycles. The van der Waals surface area contributed by atoms with Gasteiger partial charge in [0.25, 0.3) is 0 Å². The molecule has 0 radical (unpaired) electrons. The molecule has 4 heteroatoms. The summed E-state index contributed by atoms with van der Waals surface area (Å²) in [5, 5.41) is 5.91. The Kier molecular flexibility index (Phi) is 6.10. The van der Waals surface area contributed by atoms with Crippen LogP contribution in [0.5, 0.6) is 0 Å². The summed E-state index contributed by atoms with van der Waals surface area (Å²) in [5.41, 5.74) is 2.94. The van der Waals surface area contributed by atoms with E-state index in [2.05, 4.69) is 10.6 Å². The summed E-state index contributed by atoms with van der Waals surface area (Å²) in [6.07, 6.45) is 0.567. The molecule has 0 bridgehead atoms. The summed E-state index contributed by atoms with van der Waals surface area (Å²) >= 11 is 0. The third kappa shape index (κ3) is 4.97. The van der Waals surface area contributed by atoms with E-state index >= 15 is 0 Å². The summed E-state index contributed by atoms with van der Waals surface area (Å²) in [7, 11) is 0. The summed E-state index contributed by atoms with van der Waals surface area (Å²) in [5.74, 6) is -0.259. The van der Waals surface area contributed by atoms with Gasteiger partial charge in [-0.2, -0.15) is 0 Å². The first-order chi connectivity index (χ1) is 10.7. The molecular formula is C18H21FN2O. The summed E-state index contributed by atoms with van der Waals surface area (Å²) < 4.78 is 13.4. The highest BCUT2D eigenvalue weighted by Crippen LogP contribution is 2.06. The molecular weight excluding hydrogens is 279 g/mol. The highest BCUT2D eigenvalue weighted by atomic mass is 19.1. The minimum atomic E-state index is -0.201. The van der Waals surface area contributed by atoms with Crippen LogP contribution in [0, 0.1) is 12.7 Å². The lowest BCUT2D eigenvalue weighted by molar-refractivity contribution is -0.120. The lowest BCUT2D eigenvalue weighted by atomic mass is 10.1. The van der Waals surface area contributed by atoms with Gasteiger partial charge in [0.1, 0.15) is 5.82 Å². The molecule has 0 saturated heterocycles. The van der Waals surface area contributed by atoms with Gasteiger partial charge in [-0.3, -0.25) is 4.79 Å². The number of rotatable bonds is 7. The zero-order valence-electron chi connectivity index (χ0n) is 12.7. The third-order valence-corrected chi connectivity index (χ3v) is 3.55. The Bertz CT molecular complexity index is 628. The molecule has 2 rings (SSSR count). The smallest absolute Gasteiger partial charge is 0.234 e. The fourth-order valence-corrected chi connectivity index (χ4v) is 2.19. The van der Waals surface area contributed by atoms with E-state index in [0.29, 0.717) is 25.1 Å². The molecule has 0 unspecified atom stereocenters. The largest absolute Gasteiger partial charge is 0.351 e. The lowest BCUT2D eigenvalue weighted by Crippen LogP contribution is -2.34. The molecule has 0 aromatic heterocycles. The fourth-order valence-electron chi connectivity index (χ4n) is 2.19. The van der Waals surface area contributed by atoms with Crippen LogP contribution in [0.2, 0.25) is 0 Å². The van der Waals surface area contributed by atoms with E-state index in [1.54, 1.807) is 12.1 Å². The van der Waals surface area contributed by atoms with Crippen molar-refractivity contribution in [1.29, 1.82) is 0 Å². The first-order valence-corrected chi connectivity index (χ1v) is 7.42. The van der Waals surface area contributed by atoms with Crippen LogP contribution in [-0.4, -0.2) is 19.0 Å². The maximum absolute atomic E-state index is 13.4. The minimum absolute atomic E-state index is 0.0585. The lowest BCUT2D eigenvalue weighted by Gasteiger charge is -2.09. The Hall–Kier alpha value is -2.20. The van der Waals surface area contributed by atoms with E-state index in [1.165, 1.54) is 6.07 Å². The number of halogens is 1. The Balaban J connectivity index is 1.66. The highest BCUT2D eigenvalue weighted by molar-refractivity contribution is 5.78. The van der Waals surface area contributed by atoms with Gasteiger partial charge in [-0.05, 0) is 42.6 Å². The molecule has 0 atom stereocenters. The molecule has 0 heterocycles. The summed E-state index contributed by atoms with van der Waals surface area (Å²) in [6, 6.07) is 14.7. The molecule has 0 aliphatic carbocycles. The first kappa shape index (κ1) is 16.2. The average molecular weight is 300 g/mol. The molecule has 2 aromatic carbocycles. The maximum Gasteiger partial charge on any atom is 0.234 e.